The Morgan fingerprint density at radius 2 is 1.86 bits per heavy atom. The lowest BCUT2D eigenvalue weighted by atomic mass is 10.1. The summed E-state index contributed by atoms with van der Waals surface area (Å²) in [7, 11) is 3.09. The third-order valence-corrected chi connectivity index (χ3v) is 4.34. The highest BCUT2D eigenvalue weighted by molar-refractivity contribution is 5.74. The van der Waals surface area contributed by atoms with Gasteiger partial charge in [0.1, 0.15) is 11.5 Å². The van der Waals surface area contributed by atoms with Gasteiger partial charge < -0.3 is 24.1 Å². The summed E-state index contributed by atoms with van der Waals surface area (Å²) in [6, 6.07) is 7.82. The summed E-state index contributed by atoms with van der Waals surface area (Å²) in [5.74, 6) is 0.960. The molecule has 0 bridgehead atoms. The lowest BCUT2D eigenvalue weighted by Gasteiger charge is -2.22. The van der Waals surface area contributed by atoms with Gasteiger partial charge in [0.25, 0.3) is 0 Å². The monoisotopic (exact) mass is 414 g/mol. The van der Waals surface area contributed by atoms with Crippen molar-refractivity contribution >= 4 is 6.03 Å². The first-order chi connectivity index (χ1) is 13.8. The van der Waals surface area contributed by atoms with Crippen molar-refractivity contribution in [3.05, 3.63) is 47.7 Å². The minimum atomic E-state index is -4.38. The fourth-order valence-corrected chi connectivity index (χ4v) is 2.67. The Morgan fingerprint density at radius 1 is 1.17 bits per heavy atom. The summed E-state index contributed by atoms with van der Waals surface area (Å²) < 4.78 is 54.0. The van der Waals surface area contributed by atoms with Gasteiger partial charge in [-0.3, -0.25) is 0 Å². The van der Waals surface area contributed by atoms with Crippen molar-refractivity contribution in [1.29, 1.82) is 0 Å². The Bertz CT molecular complexity index is 775. The average Bonchev–Trinajstić information content (AvgIpc) is 3.17. The Labute approximate surface area is 167 Å². The third kappa shape index (κ3) is 6.50. The number of ether oxygens (including phenoxy) is 2. The van der Waals surface area contributed by atoms with Crippen LogP contribution < -0.4 is 5.32 Å². The van der Waals surface area contributed by atoms with Crippen LogP contribution in [0.5, 0.6) is 0 Å². The minimum absolute atomic E-state index is 0.227. The number of methoxy groups -OCH3 is 2. The van der Waals surface area contributed by atoms with E-state index in [1.165, 1.54) is 12.1 Å². The Morgan fingerprint density at radius 3 is 2.41 bits per heavy atom. The number of furan rings is 1. The number of amides is 2. The fourth-order valence-electron chi connectivity index (χ4n) is 2.67. The first kappa shape index (κ1) is 22.8. The van der Waals surface area contributed by atoms with Gasteiger partial charge >= 0.3 is 12.2 Å². The molecule has 0 radical (unpaired) electrons. The van der Waals surface area contributed by atoms with Crippen molar-refractivity contribution in [3.8, 4) is 11.3 Å². The van der Waals surface area contributed by atoms with Gasteiger partial charge in [0.05, 0.1) is 24.8 Å². The molecule has 160 valence electrons. The second kappa shape index (κ2) is 10.3. The van der Waals surface area contributed by atoms with E-state index in [0.29, 0.717) is 36.8 Å². The van der Waals surface area contributed by atoms with Gasteiger partial charge in [-0.2, -0.15) is 13.2 Å². The summed E-state index contributed by atoms with van der Waals surface area (Å²) in [5.41, 5.74) is -0.191. The number of rotatable bonds is 9. The van der Waals surface area contributed by atoms with E-state index in [1.807, 2.05) is 6.92 Å². The fraction of sp³-hybridized carbons (Fsp3) is 0.450. The predicted molar refractivity (Wildman–Crippen MR) is 101 cm³/mol. The van der Waals surface area contributed by atoms with Crippen LogP contribution in [-0.2, 0) is 22.2 Å². The Balaban J connectivity index is 1.99. The van der Waals surface area contributed by atoms with Gasteiger partial charge in [-0.15, -0.1) is 0 Å². The molecule has 0 aliphatic carbocycles. The van der Waals surface area contributed by atoms with Gasteiger partial charge in [-0.1, -0.05) is 12.1 Å². The van der Waals surface area contributed by atoms with E-state index >= 15 is 0 Å². The van der Waals surface area contributed by atoms with Crippen LogP contribution in [0.25, 0.3) is 11.3 Å². The highest BCUT2D eigenvalue weighted by atomic mass is 19.4. The highest BCUT2D eigenvalue weighted by Gasteiger charge is 2.30. The highest BCUT2D eigenvalue weighted by Crippen LogP contribution is 2.31. The number of benzene rings is 1. The second-order valence-corrected chi connectivity index (χ2v) is 6.35. The van der Waals surface area contributed by atoms with E-state index < -0.39 is 11.7 Å². The molecule has 2 rings (SSSR count). The number of urea groups is 1. The molecular formula is C20H25F3N2O4. The van der Waals surface area contributed by atoms with Crippen LogP contribution in [0.15, 0.2) is 40.8 Å². The molecule has 0 spiro atoms. The minimum Gasteiger partial charge on any atom is -0.459 e. The molecule has 0 saturated heterocycles. The van der Waals surface area contributed by atoms with Crippen LogP contribution in [0.3, 0.4) is 0 Å². The molecule has 0 aliphatic rings. The number of carbonyl (C=O) groups is 1. The van der Waals surface area contributed by atoms with Gasteiger partial charge in [0.2, 0.25) is 0 Å². The van der Waals surface area contributed by atoms with Crippen LogP contribution in [0, 0.1) is 0 Å². The van der Waals surface area contributed by atoms with Crippen LogP contribution >= 0.6 is 0 Å². The topological polar surface area (TPSA) is 63.9 Å². The molecule has 2 amide bonds. The molecule has 1 aromatic heterocycles. The Kier molecular flexibility index (Phi) is 8.10. The molecule has 2 aromatic rings. The van der Waals surface area contributed by atoms with Crippen molar-refractivity contribution in [2.24, 2.45) is 0 Å². The number of halogens is 3. The van der Waals surface area contributed by atoms with Crippen molar-refractivity contribution < 1.29 is 31.9 Å². The zero-order chi connectivity index (χ0) is 21.4. The number of hydrogen-bond donors (Lipinski definition) is 1. The summed E-state index contributed by atoms with van der Waals surface area (Å²) in [5, 5.41) is 2.78. The van der Waals surface area contributed by atoms with Crippen LogP contribution in [0.4, 0.5) is 18.0 Å². The largest absolute Gasteiger partial charge is 0.459 e. The van der Waals surface area contributed by atoms with Gasteiger partial charge in [-0.25, -0.2) is 4.79 Å². The quantitative estimate of drug-likeness (QED) is 0.669. The normalized spacial score (nSPS) is 12.6. The maximum atomic E-state index is 12.7. The summed E-state index contributed by atoms with van der Waals surface area (Å²) >= 11 is 0. The summed E-state index contributed by atoms with van der Waals surface area (Å²) in [4.78, 5) is 13.9. The maximum absolute atomic E-state index is 12.7. The molecule has 1 heterocycles. The van der Waals surface area contributed by atoms with Crippen LogP contribution in [0.2, 0.25) is 0 Å². The molecule has 1 aromatic carbocycles. The van der Waals surface area contributed by atoms with Gasteiger partial charge in [0, 0.05) is 32.9 Å². The van der Waals surface area contributed by atoms with E-state index in [1.54, 1.807) is 31.3 Å². The van der Waals surface area contributed by atoms with Crippen molar-refractivity contribution in [1.82, 2.24) is 10.2 Å². The molecule has 0 saturated carbocycles. The van der Waals surface area contributed by atoms with E-state index in [9.17, 15) is 18.0 Å². The second-order valence-electron chi connectivity index (χ2n) is 6.35. The summed E-state index contributed by atoms with van der Waals surface area (Å²) in [6.07, 6.45) is -4.63. The molecule has 6 nitrogen and oxygen atoms in total. The third-order valence-electron chi connectivity index (χ3n) is 4.34. The predicted octanol–water partition coefficient (Wildman–Crippen LogP) is 4.16. The van der Waals surface area contributed by atoms with Crippen LogP contribution in [-0.4, -0.2) is 51.0 Å². The zero-order valence-electron chi connectivity index (χ0n) is 16.6. The van der Waals surface area contributed by atoms with Crippen molar-refractivity contribution in [3.63, 3.8) is 0 Å². The van der Waals surface area contributed by atoms with E-state index in [4.69, 9.17) is 13.9 Å². The molecule has 0 aliphatic heterocycles. The number of nitrogens with zero attached hydrogens (tertiary/aromatic N) is 1. The van der Waals surface area contributed by atoms with Crippen molar-refractivity contribution in [2.45, 2.75) is 25.7 Å². The number of nitrogens with one attached hydrogen (secondary N) is 1. The number of alkyl halides is 3. The smallest absolute Gasteiger partial charge is 0.416 e. The molecule has 1 N–H and O–H groups in total. The van der Waals surface area contributed by atoms with E-state index in [2.05, 4.69) is 5.32 Å². The van der Waals surface area contributed by atoms with Crippen LogP contribution in [0.1, 0.15) is 18.2 Å². The molecule has 9 heteroatoms. The van der Waals surface area contributed by atoms with Gasteiger partial charge in [0.15, 0.2) is 0 Å². The van der Waals surface area contributed by atoms with E-state index in [0.717, 1.165) is 12.1 Å². The molecule has 29 heavy (non-hydrogen) atoms. The standard InChI is InChI=1S/C20H25F3N2O4/c1-4-25(19(26)24-11-17(28-3)13-27-2)12-16-9-10-18(29-16)14-5-7-15(8-6-14)20(21,22)23/h5-10,17H,4,11-13H2,1-3H3,(H,24,26). The number of carbonyl (C=O) groups excluding carboxylic acids is 1. The average molecular weight is 414 g/mol. The molecule has 1 unspecified atom stereocenters. The molecule has 0 fully saturated rings. The number of hydrogen-bond acceptors (Lipinski definition) is 4. The zero-order valence-corrected chi connectivity index (χ0v) is 16.6. The lowest BCUT2D eigenvalue weighted by Crippen LogP contribution is -2.43. The van der Waals surface area contributed by atoms with E-state index in [-0.39, 0.29) is 18.7 Å². The molecule has 1 atom stereocenters. The lowest BCUT2D eigenvalue weighted by molar-refractivity contribution is -0.137. The Hall–Kier alpha value is -2.52. The maximum Gasteiger partial charge on any atom is 0.416 e. The van der Waals surface area contributed by atoms with Gasteiger partial charge in [-0.05, 0) is 31.2 Å². The SMILES string of the molecule is CCN(Cc1ccc(-c2ccc(C(F)(F)F)cc2)o1)C(=O)NCC(COC)OC. The first-order valence-electron chi connectivity index (χ1n) is 9.09. The van der Waals surface area contributed by atoms with Crippen molar-refractivity contribution in [2.75, 3.05) is 33.9 Å². The summed E-state index contributed by atoms with van der Waals surface area (Å²) in [6.45, 7) is 3.17. The first-order valence-corrected chi connectivity index (χ1v) is 9.09. The molecular weight excluding hydrogens is 389 g/mol.